The van der Waals surface area contributed by atoms with Gasteiger partial charge in [-0.15, -0.1) is 22.7 Å². The first-order valence-electron chi connectivity index (χ1n) is 10.2. The number of benzene rings is 1. The number of rotatable bonds is 9. The monoisotopic (exact) mass is 479 g/mol. The van der Waals surface area contributed by atoms with Gasteiger partial charge in [-0.3, -0.25) is 9.59 Å². The van der Waals surface area contributed by atoms with Gasteiger partial charge in [0.2, 0.25) is 11.7 Å². The highest BCUT2D eigenvalue weighted by atomic mass is 32.1. The lowest BCUT2D eigenvalue weighted by Crippen LogP contribution is -2.22. The summed E-state index contributed by atoms with van der Waals surface area (Å²) in [4.78, 5) is 38.8. The SMILES string of the molecule is CC(=O)NCCc1ccc(C(=O)COC(=O)c2cn(-c3ccccc3)nc2-c2cccs2)s1. The predicted molar refractivity (Wildman–Crippen MR) is 128 cm³/mol. The van der Waals surface area contributed by atoms with Gasteiger partial charge < -0.3 is 10.1 Å². The van der Waals surface area contributed by atoms with Gasteiger partial charge in [0.25, 0.3) is 0 Å². The molecule has 7 nitrogen and oxygen atoms in total. The summed E-state index contributed by atoms with van der Waals surface area (Å²) < 4.78 is 7.00. The van der Waals surface area contributed by atoms with E-state index in [0.717, 1.165) is 15.4 Å². The van der Waals surface area contributed by atoms with E-state index in [1.165, 1.54) is 29.6 Å². The quantitative estimate of drug-likeness (QED) is 0.284. The number of nitrogens with zero attached hydrogens (tertiary/aromatic N) is 2. The van der Waals surface area contributed by atoms with Crippen molar-refractivity contribution in [3.8, 4) is 16.3 Å². The number of Topliss-reactive ketones (excluding diaryl/α,β-unsaturated/α-hetero) is 1. The number of hydrogen-bond donors (Lipinski definition) is 1. The van der Waals surface area contributed by atoms with E-state index in [2.05, 4.69) is 10.4 Å². The fourth-order valence-corrected chi connectivity index (χ4v) is 4.79. The fraction of sp³-hybridized carbons (Fsp3) is 0.167. The van der Waals surface area contributed by atoms with Crippen LogP contribution in [-0.4, -0.2) is 40.6 Å². The number of carbonyl (C=O) groups is 3. The molecule has 0 aliphatic heterocycles. The highest BCUT2D eigenvalue weighted by Crippen LogP contribution is 2.28. The van der Waals surface area contributed by atoms with Crippen molar-refractivity contribution in [3.05, 3.63) is 81.5 Å². The lowest BCUT2D eigenvalue weighted by Gasteiger charge is -2.03. The fourth-order valence-electron chi connectivity index (χ4n) is 3.14. The molecule has 33 heavy (non-hydrogen) atoms. The third-order valence-corrected chi connectivity index (χ3v) is 6.79. The van der Waals surface area contributed by atoms with Gasteiger partial charge in [-0.2, -0.15) is 5.10 Å². The minimum Gasteiger partial charge on any atom is -0.454 e. The lowest BCUT2D eigenvalue weighted by molar-refractivity contribution is -0.118. The van der Waals surface area contributed by atoms with Crippen molar-refractivity contribution in [1.29, 1.82) is 0 Å². The number of hydrogen-bond acceptors (Lipinski definition) is 7. The second kappa shape index (κ2) is 10.4. The molecular weight excluding hydrogens is 458 g/mol. The number of esters is 1. The highest BCUT2D eigenvalue weighted by Gasteiger charge is 2.22. The molecule has 3 heterocycles. The Bertz CT molecular complexity index is 1260. The van der Waals surface area contributed by atoms with E-state index in [1.807, 2.05) is 53.9 Å². The Morgan fingerprint density at radius 1 is 1.06 bits per heavy atom. The lowest BCUT2D eigenvalue weighted by atomic mass is 10.2. The van der Waals surface area contributed by atoms with Crippen molar-refractivity contribution in [2.45, 2.75) is 13.3 Å². The van der Waals surface area contributed by atoms with Crippen molar-refractivity contribution >= 4 is 40.3 Å². The Morgan fingerprint density at radius 2 is 1.88 bits per heavy atom. The van der Waals surface area contributed by atoms with E-state index in [-0.39, 0.29) is 18.3 Å². The molecule has 0 aliphatic carbocycles. The summed E-state index contributed by atoms with van der Waals surface area (Å²) in [6.45, 7) is 1.62. The second-order valence-electron chi connectivity index (χ2n) is 7.15. The van der Waals surface area contributed by atoms with E-state index in [1.54, 1.807) is 16.9 Å². The van der Waals surface area contributed by atoms with E-state index < -0.39 is 5.97 Å². The summed E-state index contributed by atoms with van der Waals surface area (Å²) >= 11 is 2.81. The van der Waals surface area contributed by atoms with Crippen LogP contribution in [0.25, 0.3) is 16.3 Å². The van der Waals surface area contributed by atoms with Crippen LogP contribution in [0.1, 0.15) is 31.8 Å². The van der Waals surface area contributed by atoms with Gasteiger partial charge in [0.05, 0.1) is 15.4 Å². The predicted octanol–water partition coefficient (Wildman–Crippen LogP) is 4.38. The Hall–Kier alpha value is -3.56. The second-order valence-corrected chi connectivity index (χ2v) is 9.26. The van der Waals surface area contributed by atoms with Crippen LogP contribution in [0.4, 0.5) is 0 Å². The van der Waals surface area contributed by atoms with Crippen LogP contribution < -0.4 is 5.32 Å². The minimum atomic E-state index is -0.601. The van der Waals surface area contributed by atoms with Crippen molar-refractivity contribution in [3.63, 3.8) is 0 Å². The highest BCUT2D eigenvalue weighted by molar-refractivity contribution is 7.14. The van der Waals surface area contributed by atoms with Gasteiger partial charge in [0.15, 0.2) is 6.61 Å². The molecule has 1 amide bonds. The molecular formula is C24H21N3O4S2. The first-order valence-corrected chi connectivity index (χ1v) is 11.9. The maximum Gasteiger partial charge on any atom is 0.342 e. The molecule has 0 radical (unpaired) electrons. The molecule has 9 heteroatoms. The topological polar surface area (TPSA) is 90.3 Å². The summed E-state index contributed by atoms with van der Waals surface area (Å²) in [5, 5.41) is 9.23. The summed E-state index contributed by atoms with van der Waals surface area (Å²) in [5.41, 5.74) is 1.63. The first kappa shape index (κ1) is 22.6. The van der Waals surface area contributed by atoms with Crippen molar-refractivity contribution < 1.29 is 19.1 Å². The number of para-hydroxylation sites is 1. The molecule has 0 unspecified atom stereocenters. The molecule has 168 valence electrons. The van der Waals surface area contributed by atoms with Gasteiger partial charge >= 0.3 is 5.97 Å². The molecule has 1 aromatic carbocycles. The molecule has 0 saturated heterocycles. The maximum absolute atomic E-state index is 12.9. The smallest absolute Gasteiger partial charge is 0.342 e. The van der Waals surface area contributed by atoms with Crippen molar-refractivity contribution in [2.24, 2.45) is 0 Å². The van der Waals surface area contributed by atoms with Gasteiger partial charge in [-0.1, -0.05) is 24.3 Å². The Labute approximate surface area is 198 Å². The van der Waals surface area contributed by atoms with Crippen molar-refractivity contribution in [2.75, 3.05) is 13.2 Å². The number of carbonyl (C=O) groups excluding carboxylic acids is 3. The summed E-state index contributed by atoms with van der Waals surface area (Å²) in [6, 6.07) is 16.8. The molecule has 0 aliphatic rings. The molecule has 0 spiro atoms. The maximum atomic E-state index is 12.9. The average Bonchev–Trinajstić information content (AvgIpc) is 3.58. The molecule has 4 rings (SSSR count). The van der Waals surface area contributed by atoms with Crippen LogP contribution >= 0.6 is 22.7 Å². The molecule has 3 aromatic heterocycles. The zero-order valence-electron chi connectivity index (χ0n) is 17.8. The van der Waals surface area contributed by atoms with Crippen LogP contribution in [-0.2, 0) is 16.0 Å². The first-order chi connectivity index (χ1) is 16.0. The van der Waals surface area contributed by atoms with Crippen LogP contribution in [0.2, 0.25) is 0 Å². The van der Waals surface area contributed by atoms with Crippen LogP contribution in [0.5, 0.6) is 0 Å². The van der Waals surface area contributed by atoms with Crippen LogP contribution in [0, 0.1) is 0 Å². The molecule has 0 bridgehead atoms. The summed E-state index contributed by atoms with van der Waals surface area (Å²) in [5.74, 6) is -0.962. The van der Waals surface area contributed by atoms with Crippen LogP contribution in [0.3, 0.4) is 0 Å². The largest absolute Gasteiger partial charge is 0.454 e. The Balaban J connectivity index is 1.45. The van der Waals surface area contributed by atoms with Gasteiger partial charge in [0.1, 0.15) is 11.3 Å². The number of amides is 1. The molecule has 0 atom stereocenters. The summed E-state index contributed by atoms with van der Waals surface area (Å²) in [7, 11) is 0. The minimum absolute atomic E-state index is 0.0905. The molecule has 0 saturated carbocycles. The third kappa shape index (κ3) is 5.63. The number of thiophene rings is 2. The Kier molecular flexibility index (Phi) is 7.11. The zero-order chi connectivity index (χ0) is 23.2. The molecule has 0 fully saturated rings. The number of aromatic nitrogens is 2. The normalized spacial score (nSPS) is 10.7. The van der Waals surface area contributed by atoms with E-state index in [0.29, 0.717) is 29.1 Å². The third-order valence-electron chi connectivity index (χ3n) is 4.73. The Morgan fingerprint density at radius 3 is 2.61 bits per heavy atom. The van der Waals surface area contributed by atoms with Gasteiger partial charge in [-0.25, -0.2) is 9.48 Å². The number of ketones is 1. The number of nitrogens with one attached hydrogen (secondary N) is 1. The average molecular weight is 480 g/mol. The molecule has 1 N–H and O–H groups in total. The molecule has 4 aromatic rings. The zero-order valence-corrected chi connectivity index (χ0v) is 19.4. The summed E-state index contributed by atoms with van der Waals surface area (Å²) in [6.07, 6.45) is 2.27. The van der Waals surface area contributed by atoms with Crippen molar-refractivity contribution in [1.82, 2.24) is 15.1 Å². The van der Waals surface area contributed by atoms with E-state index in [9.17, 15) is 14.4 Å². The van der Waals surface area contributed by atoms with Crippen LogP contribution in [0.15, 0.2) is 66.2 Å². The van der Waals surface area contributed by atoms with Gasteiger partial charge in [0, 0.05) is 24.5 Å². The van der Waals surface area contributed by atoms with E-state index in [4.69, 9.17) is 4.74 Å². The van der Waals surface area contributed by atoms with E-state index >= 15 is 0 Å². The standard InChI is InChI=1S/C24H21N3O4S2/c1-16(28)25-12-11-18-9-10-21(33-18)20(29)15-31-24(30)19-14-27(17-6-3-2-4-7-17)26-23(19)22-8-5-13-32-22/h2-10,13-14H,11-12,15H2,1H3,(H,25,28). The number of ether oxygens (including phenoxy) is 1. The van der Waals surface area contributed by atoms with Gasteiger partial charge in [-0.05, 0) is 42.1 Å².